The first-order valence-corrected chi connectivity index (χ1v) is 7.17. The molecule has 2 heterocycles. The van der Waals surface area contributed by atoms with Crippen LogP contribution in [0.5, 0.6) is 11.5 Å². The first kappa shape index (κ1) is 14.2. The minimum Gasteiger partial charge on any atom is -0.493 e. The molecule has 0 radical (unpaired) electrons. The van der Waals surface area contributed by atoms with Gasteiger partial charge >= 0.3 is 0 Å². The van der Waals surface area contributed by atoms with E-state index < -0.39 is 0 Å². The lowest BCUT2D eigenvalue weighted by atomic mass is 10.1. The number of fused-ring (bicyclic) bond motifs is 1. The first-order chi connectivity index (χ1) is 10.3. The number of carbonyl (C=O) groups is 1. The van der Waals surface area contributed by atoms with Gasteiger partial charge in [0.05, 0.1) is 25.9 Å². The molecule has 6 nitrogen and oxygen atoms in total. The molecular weight excluding hydrogens is 272 g/mol. The third-order valence-corrected chi connectivity index (χ3v) is 3.93. The Balaban J connectivity index is 1.61. The van der Waals surface area contributed by atoms with Gasteiger partial charge in [-0.3, -0.25) is 4.79 Å². The highest BCUT2D eigenvalue weighted by molar-refractivity contribution is 5.78. The summed E-state index contributed by atoms with van der Waals surface area (Å²) in [6.07, 6.45) is 0.106. The molecule has 2 aliphatic heterocycles. The zero-order valence-corrected chi connectivity index (χ0v) is 12.1. The summed E-state index contributed by atoms with van der Waals surface area (Å²) in [5.74, 6) is 1.21. The van der Waals surface area contributed by atoms with Crippen LogP contribution in [-0.2, 0) is 9.53 Å². The van der Waals surface area contributed by atoms with Gasteiger partial charge in [-0.15, -0.1) is 0 Å². The van der Waals surface area contributed by atoms with Gasteiger partial charge in [0, 0.05) is 19.6 Å². The standard InChI is InChI=1S/C15H20N2O4/c1-19-12-4-2-3-5-13(12)21-10-15(18)17-6-7-20-14-9-16-8-11(14)17/h2-5,11,14,16H,6-10H2,1H3/t11-,14+/m1/s1. The summed E-state index contributed by atoms with van der Waals surface area (Å²) >= 11 is 0. The fourth-order valence-corrected chi connectivity index (χ4v) is 2.86. The molecule has 3 rings (SSSR count). The molecule has 114 valence electrons. The molecule has 0 spiro atoms. The van der Waals surface area contributed by atoms with Crippen LogP contribution in [0.4, 0.5) is 0 Å². The molecule has 1 aromatic carbocycles. The van der Waals surface area contributed by atoms with Gasteiger partial charge in [0.25, 0.3) is 5.91 Å². The van der Waals surface area contributed by atoms with Gasteiger partial charge in [-0.05, 0) is 12.1 Å². The van der Waals surface area contributed by atoms with E-state index >= 15 is 0 Å². The lowest BCUT2D eigenvalue weighted by molar-refractivity contribution is -0.144. The summed E-state index contributed by atoms with van der Waals surface area (Å²) in [6.45, 7) is 2.82. The fraction of sp³-hybridized carbons (Fsp3) is 0.533. The van der Waals surface area contributed by atoms with Gasteiger partial charge in [0.1, 0.15) is 0 Å². The van der Waals surface area contributed by atoms with Crippen molar-refractivity contribution in [2.45, 2.75) is 12.1 Å². The Morgan fingerprint density at radius 2 is 2.19 bits per heavy atom. The van der Waals surface area contributed by atoms with Crippen molar-refractivity contribution in [3.8, 4) is 11.5 Å². The molecule has 1 N–H and O–H groups in total. The Morgan fingerprint density at radius 3 is 3.00 bits per heavy atom. The Hall–Kier alpha value is -1.79. The van der Waals surface area contributed by atoms with E-state index in [2.05, 4.69) is 5.32 Å². The van der Waals surface area contributed by atoms with Crippen molar-refractivity contribution < 1.29 is 19.0 Å². The van der Waals surface area contributed by atoms with Crippen LogP contribution in [0, 0.1) is 0 Å². The molecular formula is C15H20N2O4. The van der Waals surface area contributed by atoms with Crippen molar-refractivity contribution in [2.24, 2.45) is 0 Å². The maximum atomic E-state index is 12.4. The van der Waals surface area contributed by atoms with Crippen LogP contribution < -0.4 is 14.8 Å². The van der Waals surface area contributed by atoms with E-state index in [0.717, 1.165) is 13.1 Å². The predicted molar refractivity (Wildman–Crippen MR) is 76.6 cm³/mol. The van der Waals surface area contributed by atoms with Crippen LogP contribution in [0.25, 0.3) is 0 Å². The third kappa shape index (κ3) is 2.96. The molecule has 2 fully saturated rings. The molecule has 0 bridgehead atoms. The number of ether oxygens (including phenoxy) is 3. The number of carbonyl (C=O) groups excluding carboxylic acids is 1. The van der Waals surface area contributed by atoms with Gasteiger partial charge in [-0.1, -0.05) is 12.1 Å². The topological polar surface area (TPSA) is 60.0 Å². The van der Waals surface area contributed by atoms with Gasteiger partial charge in [-0.25, -0.2) is 0 Å². The average Bonchev–Trinajstić information content (AvgIpc) is 3.01. The molecule has 2 aliphatic rings. The fourth-order valence-electron chi connectivity index (χ4n) is 2.86. The van der Waals surface area contributed by atoms with Crippen molar-refractivity contribution in [1.29, 1.82) is 0 Å². The minimum absolute atomic E-state index is 0.0112. The van der Waals surface area contributed by atoms with Crippen LogP contribution in [0.2, 0.25) is 0 Å². The summed E-state index contributed by atoms with van der Waals surface area (Å²) in [6, 6.07) is 7.45. The summed E-state index contributed by atoms with van der Waals surface area (Å²) in [5, 5.41) is 3.26. The lowest BCUT2D eigenvalue weighted by Crippen LogP contribution is -2.54. The molecule has 0 aliphatic carbocycles. The quantitative estimate of drug-likeness (QED) is 0.863. The number of amides is 1. The smallest absolute Gasteiger partial charge is 0.260 e. The number of hydrogen-bond donors (Lipinski definition) is 1. The van der Waals surface area contributed by atoms with Crippen LogP contribution in [0.3, 0.4) is 0 Å². The van der Waals surface area contributed by atoms with E-state index in [1.165, 1.54) is 0 Å². The SMILES string of the molecule is COc1ccccc1OCC(=O)N1CCO[C@H]2CNC[C@H]21. The number of rotatable bonds is 4. The Labute approximate surface area is 124 Å². The van der Waals surface area contributed by atoms with E-state index in [9.17, 15) is 4.79 Å². The number of nitrogens with zero attached hydrogens (tertiary/aromatic N) is 1. The van der Waals surface area contributed by atoms with Crippen LogP contribution in [0.15, 0.2) is 24.3 Å². The Morgan fingerprint density at radius 1 is 1.38 bits per heavy atom. The third-order valence-electron chi connectivity index (χ3n) is 3.93. The number of nitrogens with one attached hydrogen (secondary N) is 1. The van der Waals surface area contributed by atoms with E-state index in [4.69, 9.17) is 14.2 Å². The Kier molecular flexibility index (Phi) is 4.26. The normalized spacial score (nSPS) is 24.5. The van der Waals surface area contributed by atoms with Crippen molar-refractivity contribution in [3.63, 3.8) is 0 Å². The van der Waals surface area contributed by atoms with Crippen LogP contribution in [-0.4, -0.2) is 62.9 Å². The molecule has 1 amide bonds. The summed E-state index contributed by atoms with van der Waals surface area (Å²) < 4.78 is 16.5. The molecule has 0 unspecified atom stereocenters. The maximum Gasteiger partial charge on any atom is 0.260 e. The number of methoxy groups -OCH3 is 1. The summed E-state index contributed by atoms with van der Waals surface area (Å²) in [7, 11) is 1.58. The minimum atomic E-state index is -0.0112. The largest absolute Gasteiger partial charge is 0.493 e. The van der Waals surface area contributed by atoms with E-state index in [1.807, 2.05) is 23.1 Å². The van der Waals surface area contributed by atoms with Crippen molar-refractivity contribution in [3.05, 3.63) is 24.3 Å². The second-order valence-corrected chi connectivity index (χ2v) is 5.16. The number of benzene rings is 1. The van der Waals surface area contributed by atoms with Crippen LogP contribution in [0.1, 0.15) is 0 Å². The van der Waals surface area contributed by atoms with Crippen molar-refractivity contribution >= 4 is 5.91 Å². The zero-order valence-electron chi connectivity index (χ0n) is 12.1. The molecule has 1 aromatic rings. The van der Waals surface area contributed by atoms with Crippen molar-refractivity contribution in [1.82, 2.24) is 10.2 Å². The van der Waals surface area contributed by atoms with E-state index in [0.29, 0.717) is 24.7 Å². The first-order valence-electron chi connectivity index (χ1n) is 7.17. The molecule has 21 heavy (non-hydrogen) atoms. The van der Waals surface area contributed by atoms with E-state index in [1.54, 1.807) is 13.2 Å². The lowest BCUT2D eigenvalue weighted by Gasteiger charge is -2.36. The van der Waals surface area contributed by atoms with Gasteiger partial charge in [-0.2, -0.15) is 0 Å². The zero-order chi connectivity index (χ0) is 14.7. The van der Waals surface area contributed by atoms with Gasteiger partial charge in [0.2, 0.25) is 0 Å². The van der Waals surface area contributed by atoms with Gasteiger partial charge in [0.15, 0.2) is 18.1 Å². The van der Waals surface area contributed by atoms with Gasteiger partial charge < -0.3 is 24.4 Å². The number of para-hydroxylation sites is 2. The van der Waals surface area contributed by atoms with Crippen LogP contribution >= 0.6 is 0 Å². The second-order valence-electron chi connectivity index (χ2n) is 5.16. The maximum absolute atomic E-state index is 12.4. The monoisotopic (exact) mass is 292 g/mol. The predicted octanol–water partition coefficient (Wildman–Crippen LogP) is 0.273. The summed E-state index contributed by atoms with van der Waals surface area (Å²) in [4.78, 5) is 14.3. The molecule has 6 heteroatoms. The Bertz CT molecular complexity index is 508. The van der Waals surface area contributed by atoms with Crippen molar-refractivity contribution in [2.75, 3.05) is 40.0 Å². The average molecular weight is 292 g/mol. The second kappa shape index (κ2) is 6.32. The summed E-state index contributed by atoms with van der Waals surface area (Å²) in [5.41, 5.74) is 0. The highest BCUT2D eigenvalue weighted by atomic mass is 16.5. The highest BCUT2D eigenvalue weighted by Gasteiger charge is 2.38. The van der Waals surface area contributed by atoms with E-state index in [-0.39, 0.29) is 24.7 Å². The number of morpholine rings is 1. The molecule has 0 saturated carbocycles. The molecule has 0 aromatic heterocycles. The highest BCUT2D eigenvalue weighted by Crippen LogP contribution is 2.26. The molecule has 2 saturated heterocycles. The number of hydrogen-bond acceptors (Lipinski definition) is 5. The molecule has 2 atom stereocenters.